The highest BCUT2D eigenvalue weighted by atomic mass is 16.5. The molecule has 12 nitrogen and oxygen atoms in total. The van der Waals surface area contributed by atoms with Crippen LogP contribution in [0, 0.1) is 0 Å². The third-order valence-electron chi connectivity index (χ3n) is 4.84. The number of imidazole rings is 2. The molecule has 0 fully saturated rings. The molecule has 0 atom stereocenters. The van der Waals surface area contributed by atoms with E-state index in [0.29, 0.717) is 46.1 Å². The van der Waals surface area contributed by atoms with E-state index in [1.807, 2.05) is 18.2 Å². The summed E-state index contributed by atoms with van der Waals surface area (Å²) in [6, 6.07) is 5.56. The molecule has 0 saturated heterocycles. The summed E-state index contributed by atoms with van der Waals surface area (Å²) in [5, 5.41) is 0. The van der Waals surface area contributed by atoms with Crippen LogP contribution in [0.5, 0.6) is 11.5 Å². The summed E-state index contributed by atoms with van der Waals surface area (Å²) in [5.74, 6) is 2.21. The summed E-state index contributed by atoms with van der Waals surface area (Å²) in [5.41, 5.74) is 14.9. The van der Waals surface area contributed by atoms with Gasteiger partial charge in [0.2, 0.25) is 5.95 Å². The topological polar surface area (TPSA) is 158 Å². The van der Waals surface area contributed by atoms with Crippen molar-refractivity contribution in [2.45, 2.75) is 6.42 Å². The molecule has 0 aliphatic rings. The molecule has 0 aliphatic heterocycles. The minimum atomic E-state index is 0.0377. The maximum Gasteiger partial charge on any atom is 0.224 e. The molecule has 4 heterocycles. The van der Waals surface area contributed by atoms with E-state index in [0.717, 1.165) is 5.56 Å². The third-order valence-corrected chi connectivity index (χ3v) is 4.84. The molecular weight excluding hydrogens is 400 g/mol. The van der Waals surface area contributed by atoms with Crippen LogP contribution in [-0.2, 0) is 6.42 Å². The van der Waals surface area contributed by atoms with E-state index in [-0.39, 0.29) is 11.8 Å². The Bertz CT molecular complexity index is 1420. The first-order chi connectivity index (χ1) is 15.1. The number of nitrogen functional groups attached to an aromatic ring is 2. The number of benzene rings is 1. The number of fused-ring (bicyclic) bond motifs is 2. The summed E-state index contributed by atoms with van der Waals surface area (Å²) in [4.78, 5) is 25.9. The number of nitrogens with zero attached hydrogens (tertiary/aromatic N) is 8. The Hall–Kier alpha value is -4.48. The Balaban J connectivity index is 1.78. The summed E-state index contributed by atoms with van der Waals surface area (Å²) >= 11 is 0. The maximum absolute atomic E-state index is 6.10. The Labute approximate surface area is 175 Å². The van der Waals surface area contributed by atoms with Crippen LogP contribution in [0.1, 0.15) is 11.4 Å². The molecule has 0 spiro atoms. The van der Waals surface area contributed by atoms with Crippen LogP contribution in [0.2, 0.25) is 0 Å². The molecule has 4 aromatic heterocycles. The molecule has 0 aliphatic carbocycles. The second-order valence-corrected chi connectivity index (χ2v) is 6.65. The second-order valence-electron chi connectivity index (χ2n) is 6.65. The van der Waals surface area contributed by atoms with Crippen molar-refractivity contribution in [3.63, 3.8) is 0 Å². The van der Waals surface area contributed by atoms with Crippen LogP contribution >= 0.6 is 0 Å². The predicted octanol–water partition coefficient (Wildman–Crippen LogP) is 1.05. The summed E-state index contributed by atoms with van der Waals surface area (Å²) in [6.45, 7) is 0. The van der Waals surface area contributed by atoms with Crippen molar-refractivity contribution in [1.29, 1.82) is 0 Å². The van der Waals surface area contributed by atoms with Crippen molar-refractivity contribution in [2.75, 3.05) is 25.7 Å². The molecule has 0 radical (unpaired) electrons. The number of aromatic nitrogens is 8. The van der Waals surface area contributed by atoms with E-state index in [1.165, 1.54) is 6.33 Å². The molecule has 0 amide bonds. The maximum atomic E-state index is 6.10. The van der Waals surface area contributed by atoms with Crippen LogP contribution in [0.4, 0.5) is 11.8 Å². The SMILES string of the molecule is COc1ccc(OC)c(Cc2nc3c(N)nc(N)nc3n2-n2cnc3cncnc32)c1. The Morgan fingerprint density at radius 3 is 2.68 bits per heavy atom. The molecular formula is C19H18N10O2. The van der Waals surface area contributed by atoms with Gasteiger partial charge in [0, 0.05) is 12.0 Å². The second kappa shape index (κ2) is 7.09. The highest BCUT2D eigenvalue weighted by Crippen LogP contribution is 2.29. The van der Waals surface area contributed by atoms with Gasteiger partial charge in [-0.1, -0.05) is 0 Å². The van der Waals surface area contributed by atoms with Crippen LogP contribution in [0.25, 0.3) is 22.3 Å². The van der Waals surface area contributed by atoms with Gasteiger partial charge >= 0.3 is 0 Å². The van der Waals surface area contributed by atoms with Crippen molar-refractivity contribution in [3.05, 3.63) is 48.4 Å². The first-order valence-corrected chi connectivity index (χ1v) is 9.24. The van der Waals surface area contributed by atoms with Crippen LogP contribution in [0.3, 0.4) is 0 Å². The number of ether oxygens (including phenoxy) is 2. The van der Waals surface area contributed by atoms with Gasteiger partial charge in [-0.3, -0.25) is 0 Å². The van der Waals surface area contributed by atoms with Crippen molar-refractivity contribution in [1.82, 2.24) is 39.3 Å². The fraction of sp³-hybridized carbons (Fsp3) is 0.158. The van der Waals surface area contributed by atoms with Crippen molar-refractivity contribution < 1.29 is 9.47 Å². The van der Waals surface area contributed by atoms with E-state index in [1.54, 1.807) is 36.1 Å². The Morgan fingerprint density at radius 2 is 1.87 bits per heavy atom. The molecule has 5 rings (SSSR count). The smallest absolute Gasteiger partial charge is 0.224 e. The van der Waals surface area contributed by atoms with Gasteiger partial charge in [0.25, 0.3) is 0 Å². The molecule has 0 unspecified atom stereocenters. The lowest BCUT2D eigenvalue weighted by atomic mass is 10.1. The lowest BCUT2D eigenvalue weighted by molar-refractivity contribution is 0.399. The summed E-state index contributed by atoms with van der Waals surface area (Å²) < 4.78 is 14.4. The average molecular weight is 418 g/mol. The van der Waals surface area contributed by atoms with Crippen molar-refractivity contribution in [2.24, 2.45) is 0 Å². The molecule has 156 valence electrons. The monoisotopic (exact) mass is 418 g/mol. The van der Waals surface area contributed by atoms with Gasteiger partial charge in [-0.2, -0.15) is 9.97 Å². The van der Waals surface area contributed by atoms with Gasteiger partial charge < -0.3 is 20.9 Å². The Kier molecular flexibility index (Phi) is 4.24. The summed E-state index contributed by atoms with van der Waals surface area (Å²) in [7, 11) is 3.22. The quantitative estimate of drug-likeness (QED) is 0.422. The average Bonchev–Trinajstić information content (AvgIpc) is 3.34. The summed E-state index contributed by atoms with van der Waals surface area (Å²) in [6.07, 6.45) is 5.06. The first kappa shape index (κ1) is 18.5. The standard InChI is InChI=1S/C19H18N10O2/c1-30-11-3-4-13(31-2)10(5-11)6-14-25-15-16(20)26-19(21)27-18(15)29(14)28-9-24-12-7-22-8-23-17(12)28/h3-5,7-9H,6H2,1-2H3,(H4,20,21,26,27). The van der Waals surface area contributed by atoms with E-state index in [4.69, 9.17) is 25.9 Å². The molecule has 1 aromatic carbocycles. The van der Waals surface area contributed by atoms with Gasteiger partial charge in [0.15, 0.2) is 22.6 Å². The van der Waals surface area contributed by atoms with Gasteiger partial charge in [-0.05, 0) is 18.2 Å². The van der Waals surface area contributed by atoms with E-state index in [9.17, 15) is 0 Å². The molecule has 12 heteroatoms. The van der Waals surface area contributed by atoms with Crippen LogP contribution in [0.15, 0.2) is 37.1 Å². The minimum Gasteiger partial charge on any atom is -0.497 e. The van der Waals surface area contributed by atoms with Gasteiger partial charge in [0.05, 0.1) is 20.4 Å². The number of rotatable bonds is 5. The fourth-order valence-corrected chi connectivity index (χ4v) is 3.46. The van der Waals surface area contributed by atoms with Crippen LogP contribution < -0.4 is 20.9 Å². The van der Waals surface area contributed by atoms with E-state index >= 15 is 0 Å². The van der Waals surface area contributed by atoms with Crippen LogP contribution in [-0.4, -0.2) is 53.5 Å². The number of anilines is 2. The molecule has 5 aromatic rings. The molecule has 31 heavy (non-hydrogen) atoms. The number of nitrogens with two attached hydrogens (primary N) is 2. The van der Waals surface area contributed by atoms with Gasteiger partial charge in [-0.25, -0.2) is 29.3 Å². The number of hydrogen-bond acceptors (Lipinski definition) is 10. The zero-order valence-corrected chi connectivity index (χ0v) is 16.7. The predicted molar refractivity (Wildman–Crippen MR) is 113 cm³/mol. The van der Waals surface area contributed by atoms with E-state index < -0.39 is 0 Å². The van der Waals surface area contributed by atoms with Crippen molar-refractivity contribution in [3.8, 4) is 11.5 Å². The van der Waals surface area contributed by atoms with Crippen molar-refractivity contribution >= 4 is 34.1 Å². The normalized spacial score (nSPS) is 11.3. The molecule has 4 N–H and O–H groups in total. The zero-order chi connectivity index (χ0) is 21.5. The lowest BCUT2D eigenvalue weighted by Crippen LogP contribution is -2.14. The first-order valence-electron chi connectivity index (χ1n) is 9.24. The number of hydrogen-bond donors (Lipinski definition) is 2. The fourth-order valence-electron chi connectivity index (χ4n) is 3.46. The highest BCUT2D eigenvalue weighted by Gasteiger charge is 2.21. The molecule has 0 bridgehead atoms. The van der Waals surface area contributed by atoms with Gasteiger partial charge in [-0.15, -0.1) is 0 Å². The Morgan fingerprint density at radius 1 is 1.00 bits per heavy atom. The zero-order valence-electron chi connectivity index (χ0n) is 16.7. The molecule has 0 saturated carbocycles. The minimum absolute atomic E-state index is 0.0377. The lowest BCUT2D eigenvalue weighted by Gasteiger charge is -2.13. The van der Waals surface area contributed by atoms with E-state index in [2.05, 4.69) is 24.9 Å². The largest absolute Gasteiger partial charge is 0.497 e. The van der Waals surface area contributed by atoms with Gasteiger partial charge in [0.1, 0.15) is 35.5 Å². The third kappa shape index (κ3) is 3.01. The number of methoxy groups -OCH3 is 2. The highest BCUT2D eigenvalue weighted by molar-refractivity contribution is 5.84.